The minimum atomic E-state index is -1.24. The summed E-state index contributed by atoms with van der Waals surface area (Å²) >= 11 is 0. The fourth-order valence-corrected chi connectivity index (χ4v) is 4.15. The Hall–Kier alpha value is -3.55. The molecule has 0 amide bonds. The molecule has 2 heterocycles. The molecule has 32 heavy (non-hydrogen) atoms. The van der Waals surface area contributed by atoms with Crippen molar-refractivity contribution in [3.05, 3.63) is 57.5 Å². The standard InChI is InChI=1S/C24H28N4O4/c1-14(2)27-12-15-7-19(16(10-25)11-26-17-5-4-6-17)23(32-3)8-18(15)21-9-22(29)20(24(30)31)13-28(21)27/h7-11,13-14,17,25-26H,4-6,12H2,1-3H3,(H,30,31)/b16-11+,25-10?. The van der Waals surface area contributed by atoms with Crippen molar-refractivity contribution in [2.24, 2.45) is 0 Å². The lowest BCUT2D eigenvalue weighted by Gasteiger charge is -2.38. The number of pyridine rings is 1. The second kappa shape index (κ2) is 8.53. The van der Waals surface area contributed by atoms with Crippen molar-refractivity contribution in [1.82, 2.24) is 9.99 Å². The SMILES string of the molecule is COc1cc2c(cc1/C(C=N)=C/NC1CCC1)CN(C(C)C)n1cc(C(=O)O)c(=O)cc1-2. The fourth-order valence-electron chi connectivity index (χ4n) is 4.15. The fraction of sp³-hybridized carbons (Fsp3) is 0.375. The Morgan fingerprint density at radius 3 is 2.59 bits per heavy atom. The minimum Gasteiger partial charge on any atom is -0.496 e. The van der Waals surface area contributed by atoms with Crippen LogP contribution >= 0.6 is 0 Å². The number of benzene rings is 1. The Morgan fingerprint density at radius 1 is 1.28 bits per heavy atom. The van der Waals surface area contributed by atoms with Gasteiger partial charge in [-0.15, -0.1) is 0 Å². The van der Waals surface area contributed by atoms with Crippen LogP contribution < -0.4 is 20.5 Å². The maximum atomic E-state index is 12.5. The predicted molar refractivity (Wildman–Crippen MR) is 124 cm³/mol. The lowest BCUT2D eigenvalue weighted by molar-refractivity contribution is 0.0694. The van der Waals surface area contributed by atoms with E-state index in [9.17, 15) is 14.7 Å². The highest BCUT2D eigenvalue weighted by Gasteiger charge is 2.27. The van der Waals surface area contributed by atoms with Gasteiger partial charge in [0, 0.05) is 53.5 Å². The molecule has 4 rings (SSSR count). The first kappa shape index (κ1) is 21.7. The zero-order chi connectivity index (χ0) is 23.0. The molecule has 8 nitrogen and oxygen atoms in total. The van der Waals surface area contributed by atoms with Crippen molar-refractivity contribution >= 4 is 17.8 Å². The maximum Gasteiger partial charge on any atom is 0.341 e. The van der Waals surface area contributed by atoms with Gasteiger partial charge in [-0.2, -0.15) is 0 Å². The molecular formula is C24H28N4O4. The number of rotatable bonds is 7. The van der Waals surface area contributed by atoms with Gasteiger partial charge in [-0.3, -0.25) is 9.47 Å². The van der Waals surface area contributed by atoms with E-state index in [-0.39, 0.29) is 11.6 Å². The first-order valence-electron chi connectivity index (χ1n) is 10.8. The van der Waals surface area contributed by atoms with Gasteiger partial charge in [0.15, 0.2) is 5.43 Å². The molecule has 8 heteroatoms. The number of aromatic carboxylic acids is 1. The zero-order valence-corrected chi connectivity index (χ0v) is 18.5. The van der Waals surface area contributed by atoms with E-state index in [2.05, 4.69) is 5.32 Å². The van der Waals surface area contributed by atoms with Crippen LogP contribution in [-0.4, -0.2) is 41.2 Å². The molecule has 2 aromatic rings. The topological polar surface area (TPSA) is 108 Å². The van der Waals surface area contributed by atoms with Crippen LogP contribution in [0.4, 0.5) is 0 Å². The van der Waals surface area contributed by atoms with E-state index >= 15 is 0 Å². The number of nitrogens with zero attached hydrogens (tertiary/aromatic N) is 2. The average Bonchev–Trinajstić information content (AvgIpc) is 2.73. The summed E-state index contributed by atoms with van der Waals surface area (Å²) in [6, 6.07) is 5.76. The van der Waals surface area contributed by atoms with E-state index < -0.39 is 11.4 Å². The molecule has 0 unspecified atom stereocenters. The molecule has 0 radical (unpaired) electrons. The van der Waals surface area contributed by atoms with Crippen molar-refractivity contribution in [3.63, 3.8) is 0 Å². The van der Waals surface area contributed by atoms with Crippen LogP contribution in [-0.2, 0) is 6.54 Å². The molecule has 0 atom stereocenters. The molecule has 1 aromatic carbocycles. The normalized spacial score (nSPS) is 15.6. The third-order valence-corrected chi connectivity index (χ3v) is 6.21. The summed E-state index contributed by atoms with van der Waals surface area (Å²) in [5, 5.41) is 22.8. The molecule has 0 saturated heterocycles. The predicted octanol–water partition coefficient (Wildman–Crippen LogP) is 3.21. The van der Waals surface area contributed by atoms with E-state index in [1.807, 2.05) is 37.2 Å². The number of carbonyl (C=O) groups is 1. The number of methoxy groups -OCH3 is 1. The Bertz CT molecular complexity index is 1160. The Kier molecular flexibility index (Phi) is 5.78. The quantitative estimate of drug-likeness (QED) is 0.576. The number of aromatic nitrogens is 1. The summed E-state index contributed by atoms with van der Waals surface area (Å²) in [5.74, 6) is -0.652. The number of carboxylic acid groups (broad SMARTS) is 1. The van der Waals surface area contributed by atoms with Crippen molar-refractivity contribution < 1.29 is 14.6 Å². The molecule has 1 aromatic heterocycles. The number of ether oxygens (including phenoxy) is 1. The molecule has 0 bridgehead atoms. The van der Waals surface area contributed by atoms with Crippen molar-refractivity contribution in [3.8, 4) is 17.0 Å². The average molecular weight is 437 g/mol. The zero-order valence-electron chi connectivity index (χ0n) is 18.5. The van der Waals surface area contributed by atoms with Gasteiger partial charge in [0.1, 0.15) is 11.3 Å². The highest BCUT2D eigenvalue weighted by Crippen LogP contribution is 2.37. The number of allylic oxidation sites excluding steroid dienone is 1. The molecule has 2 aliphatic rings. The number of hydrogen-bond donors (Lipinski definition) is 3. The number of nitrogens with one attached hydrogen (secondary N) is 2. The third kappa shape index (κ3) is 3.77. The van der Waals surface area contributed by atoms with Gasteiger partial charge < -0.3 is 25.6 Å². The van der Waals surface area contributed by atoms with Crippen molar-refractivity contribution in [2.75, 3.05) is 12.1 Å². The van der Waals surface area contributed by atoms with Crippen LogP contribution in [0.1, 0.15) is 54.6 Å². The van der Waals surface area contributed by atoms with E-state index in [4.69, 9.17) is 10.1 Å². The minimum absolute atomic E-state index is 0.0645. The summed E-state index contributed by atoms with van der Waals surface area (Å²) in [5.41, 5.74) is 3.14. The Labute approximate surface area is 186 Å². The van der Waals surface area contributed by atoms with Gasteiger partial charge in [-0.25, -0.2) is 4.79 Å². The van der Waals surface area contributed by atoms with Crippen LogP contribution in [0.2, 0.25) is 0 Å². The summed E-state index contributed by atoms with van der Waals surface area (Å²) in [4.78, 5) is 24.0. The van der Waals surface area contributed by atoms with Crippen LogP contribution in [0.15, 0.2) is 35.4 Å². The largest absolute Gasteiger partial charge is 0.496 e. The van der Waals surface area contributed by atoms with E-state index in [1.54, 1.807) is 11.8 Å². The molecule has 1 aliphatic carbocycles. The molecule has 168 valence electrons. The monoisotopic (exact) mass is 436 g/mol. The highest BCUT2D eigenvalue weighted by atomic mass is 16.5. The first-order valence-corrected chi connectivity index (χ1v) is 10.8. The molecule has 0 spiro atoms. The first-order chi connectivity index (χ1) is 15.3. The van der Waals surface area contributed by atoms with Gasteiger partial charge in [0.25, 0.3) is 0 Å². The van der Waals surface area contributed by atoms with Gasteiger partial charge in [0.05, 0.1) is 19.3 Å². The summed E-state index contributed by atoms with van der Waals surface area (Å²) in [6.07, 6.45) is 8.08. The van der Waals surface area contributed by atoms with E-state index in [1.165, 1.54) is 24.9 Å². The summed E-state index contributed by atoms with van der Waals surface area (Å²) in [6.45, 7) is 4.56. The van der Waals surface area contributed by atoms with Crippen molar-refractivity contribution in [2.45, 2.75) is 51.7 Å². The highest BCUT2D eigenvalue weighted by molar-refractivity contribution is 6.09. The summed E-state index contributed by atoms with van der Waals surface area (Å²) in [7, 11) is 1.58. The summed E-state index contributed by atoms with van der Waals surface area (Å²) < 4.78 is 7.41. The van der Waals surface area contributed by atoms with E-state index in [0.29, 0.717) is 24.0 Å². The van der Waals surface area contributed by atoms with Gasteiger partial charge in [0.2, 0.25) is 0 Å². The smallest absolute Gasteiger partial charge is 0.341 e. The van der Waals surface area contributed by atoms with Crippen LogP contribution in [0, 0.1) is 5.41 Å². The number of hydrogen-bond acceptors (Lipinski definition) is 6. The van der Waals surface area contributed by atoms with E-state index in [0.717, 1.165) is 35.1 Å². The second-order valence-corrected chi connectivity index (χ2v) is 8.53. The molecule has 1 aliphatic heterocycles. The van der Waals surface area contributed by atoms with Crippen LogP contribution in [0.25, 0.3) is 16.8 Å². The van der Waals surface area contributed by atoms with Crippen molar-refractivity contribution in [1.29, 1.82) is 5.41 Å². The molecule has 1 fully saturated rings. The maximum absolute atomic E-state index is 12.5. The number of fused-ring (bicyclic) bond motifs is 3. The second-order valence-electron chi connectivity index (χ2n) is 8.53. The molecular weight excluding hydrogens is 408 g/mol. The number of carboxylic acids is 1. The Balaban J connectivity index is 1.86. The Morgan fingerprint density at radius 2 is 2.03 bits per heavy atom. The lowest BCUT2D eigenvalue weighted by Crippen LogP contribution is -2.44. The van der Waals surface area contributed by atoms with Gasteiger partial charge >= 0.3 is 5.97 Å². The van der Waals surface area contributed by atoms with Crippen LogP contribution in [0.3, 0.4) is 0 Å². The molecule has 1 saturated carbocycles. The molecule has 3 N–H and O–H groups in total. The third-order valence-electron chi connectivity index (χ3n) is 6.21. The lowest BCUT2D eigenvalue weighted by atomic mass is 9.92. The van der Waals surface area contributed by atoms with Crippen LogP contribution in [0.5, 0.6) is 5.75 Å². The van der Waals surface area contributed by atoms with Gasteiger partial charge in [-0.05, 0) is 50.8 Å². The van der Waals surface area contributed by atoms with Gasteiger partial charge in [-0.1, -0.05) is 0 Å².